The van der Waals surface area contributed by atoms with E-state index in [1.165, 1.54) is 0 Å². The second kappa shape index (κ2) is 9.19. The van der Waals surface area contributed by atoms with Gasteiger partial charge in [0.15, 0.2) is 0 Å². The summed E-state index contributed by atoms with van der Waals surface area (Å²) in [5, 5.41) is 0. The molecule has 0 saturated heterocycles. The molecule has 0 heterocycles. The van der Waals surface area contributed by atoms with Gasteiger partial charge in [0.05, 0.1) is 11.4 Å². The molecule has 6 heavy (non-hydrogen) atoms. The summed E-state index contributed by atoms with van der Waals surface area (Å²) in [6.07, 6.45) is 0. The van der Waals surface area contributed by atoms with E-state index in [1.54, 1.807) is 0 Å². The van der Waals surface area contributed by atoms with Crippen molar-refractivity contribution < 1.29 is 32.8 Å². The molecule has 1 atom stereocenters. The zero-order chi connectivity index (χ0) is 3.58. The second-order valence-corrected chi connectivity index (χ2v) is 0.651. The van der Waals surface area contributed by atoms with Crippen molar-refractivity contribution in [2.45, 2.75) is 7.43 Å². The quantitative estimate of drug-likeness (QED) is 0.402. The summed E-state index contributed by atoms with van der Waals surface area (Å²) in [5.74, 6) is 0. The van der Waals surface area contributed by atoms with Crippen LogP contribution in [0.25, 0.3) is 0 Å². The van der Waals surface area contributed by atoms with Crippen LogP contribution in [0, 0.1) is 0 Å². The third-order valence-electron chi connectivity index (χ3n) is 0. The summed E-state index contributed by atoms with van der Waals surface area (Å²) in [6, 6.07) is 0. The Morgan fingerprint density at radius 2 is 1.67 bits per heavy atom. The van der Waals surface area contributed by atoms with Crippen LogP contribution in [0.2, 0.25) is 0 Å². The van der Waals surface area contributed by atoms with Gasteiger partial charge in [-0.1, -0.05) is 7.43 Å². The maximum Gasteiger partial charge on any atom is 0.0814 e. The first-order valence-corrected chi connectivity index (χ1v) is 1.55. The molecular weight excluding hydrogens is 157 g/mol. The van der Waals surface area contributed by atoms with E-state index in [-0.39, 0.29) is 26.9 Å². The zero-order valence-corrected chi connectivity index (χ0v) is 6.16. The molecule has 0 aromatic heterocycles. The predicted octanol–water partition coefficient (Wildman–Crippen LogP) is -0.0279. The first kappa shape index (κ1) is 15.9. The van der Waals surface area contributed by atoms with E-state index in [4.69, 9.17) is 13.3 Å². The monoisotopic (exact) mass is 161 g/mol. The largest absolute Gasteiger partial charge is 0.750 e. The molecular formula is CH5O3SZn-. The van der Waals surface area contributed by atoms with Gasteiger partial charge in [-0.25, -0.2) is 4.21 Å². The fourth-order valence-corrected chi connectivity index (χ4v) is 0. The molecule has 36 valence electrons. The van der Waals surface area contributed by atoms with Crippen molar-refractivity contribution >= 4 is 11.4 Å². The molecule has 5 heteroatoms. The van der Waals surface area contributed by atoms with Crippen molar-refractivity contribution in [2.24, 2.45) is 0 Å². The number of hydrogen-bond donors (Lipinski definition) is 1. The molecule has 0 aliphatic rings. The van der Waals surface area contributed by atoms with Gasteiger partial charge in [0.2, 0.25) is 0 Å². The summed E-state index contributed by atoms with van der Waals surface area (Å²) >= 11 is -2.86. The number of hydrogen-bond acceptors (Lipinski definition) is 2. The summed E-state index contributed by atoms with van der Waals surface area (Å²) < 4.78 is 24.1. The molecule has 0 bridgehead atoms. The van der Waals surface area contributed by atoms with Gasteiger partial charge in [-0.3, -0.25) is 0 Å². The van der Waals surface area contributed by atoms with Crippen LogP contribution in [0.5, 0.6) is 0 Å². The molecule has 0 radical (unpaired) electrons. The van der Waals surface area contributed by atoms with Crippen LogP contribution in [0.3, 0.4) is 0 Å². The maximum absolute atomic E-state index is 8.56. The van der Waals surface area contributed by atoms with Crippen LogP contribution in [0.1, 0.15) is 7.43 Å². The van der Waals surface area contributed by atoms with E-state index in [0.717, 1.165) is 0 Å². The van der Waals surface area contributed by atoms with E-state index in [2.05, 4.69) is 0 Å². The molecule has 0 rings (SSSR count). The Hall–Kier alpha value is 0.693. The Labute approximate surface area is 52.0 Å². The minimum absolute atomic E-state index is 0. The third-order valence-corrected chi connectivity index (χ3v) is 0. The fourth-order valence-electron chi connectivity index (χ4n) is 0. The van der Waals surface area contributed by atoms with Crippen LogP contribution in [0.4, 0.5) is 0 Å². The topological polar surface area (TPSA) is 60.4 Å². The van der Waals surface area contributed by atoms with Gasteiger partial charge >= 0.3 is 0 Å². The Bertz CT molecular complexity index is 33.8. The van der Waals surface area contributed by atoms with Crippen LogP contribution < -0.4 is 0 Å². The molecule has 0 amide bonds. The molecule has 0 aliphatic carbocycles. The first-order valence-electron chi connectivity index (χ1n) is 0.516. The van der Waals surface area contributed by atoms with Crippen LogP contribution in [-0.2, 0) is 30.8 Å². The Kier molecular flexibility index (Phi) is 24.4. The van der Waals surface area contributed by atoms with E-state index in [1.807, 2.05) is 0 Å². The van der Waals surface area contributed by atoms with Crippen molar-refractivity contribution in [3.8, 4) is 0 Å². The van der Waals surface area contributed by atoms with E-state index in [9.17, 15) is 0 Å². The molecule has 3 nitrogen and oxygen atoms in total. The first-order chi connectivity index (χ1) is 1.73. The van der Waals surface area contributed by atoms with Gasteiger partial charge in [0, 0.05) is 19.5 Å². The van der Waals surface area contributed by atoms with Gasteiger partial charge in [0.25, 0.3) is 0 Å². The van der Waals surface area contributed by atoms with Gasteiger partial charge in [-0.15, -0.1) is 0 Å². The van der Waals surface area contributed by atoms with Crippen molar-refractivity contribution in [3.05, 3.63) is 0 Å². The average molecular weight is 163 g/mol. The van der Waals surface area contributed by atoms with Crippen LogP contribution in [0.15, 0.2) is 0 Å². The molecule has 1 N–H and O–H groups in total. The van der Waals surface area contributed by atoms with Gasteiger partial charge in [-0.05, 0) is 0 Å². The Morgan fingerprint density at radius 3 is 1.67 bits per heavy atom. The molecule has 0 aromatic carbocycles. The SMILES string of the molecule is C.O=S([O-])O.[Zn]. The van der Waals surface area contributed by atoms with E-state index < -0.39 is 11.4 Å². The molecule has 0 saturated carbocycles. The van der Waals surface area contributed by atoms with Crippen molar-refractivity contribution in [1.29, 1.82) is 0 Å². The second-order valence-electron chi connectivity index (χ2n) is 0.217. The molecule has 0 aromatic rings. The third kappa shape index (κ3) is 133. The molecule has 0 spiro atoms. The molecule has 0 fully saturated rings. The Morgan fingerprint density at radius 1 is 1.67 bits per heavy atom. The maximum atomic E-state index is 8.56. The molecule has 1 unspecified atom stereocenters. The summed E-state index contributed by atoms with van der Waals surface area (Å²) in [7, 11) is 0. The van der Waals surface area contributed by atoms with Gasteiger partial charge in [0.1, 0.15) is 0 Å². The van der Waals surface area contributed by atoms with Gasteiger partial charge < -0.3 is 9.11 Å². The van der Waals surface area contributed by atoms with E-state index in [0.29, 0.717) is 0 Å². The standard InChI is InChI=1S/CH4.H2O3S.Zn/c;1-4(2)3;/h1H4;(H2,1,2,3);/p-1. The van der Waals surface area contributed by atoms with Crippen molar-refractivity contribution in [1.82, 2.24) is 0 Å². The fraction of sp³-hybridized carbons (Fsp3) is 1.00. The minimum atomic E-state index is -2.86. The van der Waals surface area contributed by atoms with Crippen molar-refractivity contribution in [2.75, 3.05) is 0 Å². The summed E-state index contributed by atoms with van der Waals surface area (Å²) in [5.41, 5.74) is 0. The minimum Gasteiger partial charge on any atom is -0.750 e. The summed E-state index contributed by atoms with van der Waals surface area (Å²) in [6.45, 7) is 0. The van der Waals surface area contributed by atoms with Crippen molar-refractivity contribution in [3.63, 3.8) is 0 Å². The normalized spacial score (nSPS) is 10.3. The van der Waals surface area contributed by atoms with Crippen LogP contribution >= 0.6 is 0 Å². The smallest absolute Gasteiger partial charge is 0.0814 e. The Balaban J connectivity index is -0.0000000450. The van der Waals surface area contributed by atoms with Crippen LogP contribution in [-0.4, -0.2) is 13.3 Å². The number of rotatable bonds is 0. The van der Waals surface area contributed by atoms with Gasteiger partial charge in [-0.2, -0.15) is 0 Å². The van der Waals surface area contributed by atoms with E-state index >= 15 is 0 Å². The average Bonchev–Trinajstić information content (AvgIpc) is 0.811. The predicted molar refractivity (Wildman–Crippen MR) is 18.3 cm³/mol. The zero-order valence-electron chi connectivity index (χ0n) is 2.38. The molecule has 0 aliphatic heterocycles. The summed E-state index contributed by atoms with van der Waals surface area (Å²) in [4.78, 5) is 0.